The number of aliphatic hydroxyl groups excluding tert-OH is 1. The van der Waals surface area contributed by atoms with Crippen molar-refractivity contribution >= 4 is 11.8 Å². The fourth-order valence-electron chi connectivity index (χ4n) is 1.90. The first-order valence-electron chi connectivity index (χ1n) is 6.68. The summed E-state index contributed by atoms with van der Waals surface area (Å²) in [5.41, 5.74) is -0.259. The molecule has 4 nitrogen and oxygen atoms in total. The summed E-state index contributed by atoms with van der Waals surface area (Å²) in [6.45, 7) is -0.573. The lowest BCUT2D eigenvalue weighted by molar-refractivity contribution is -0.137. The first kappa shape index (κ1) is 16.8. The van der Waals surface area contributed by atoms with Crippen molar-refractivity contribution in [3.8, 4) is 0 Å². The largest absolute Gasteiger partial charge is 0.444 e. The lowest BCUT2D eigenvalue weighted by atomic mass is 10.1. The number of amides is 1. The van der Waals surface area contributed by atoms with Crippen LogP contribution in [0.5, 0.6) is 0 Å². The van der Waals surface area contributed by atoms with Gasteiger partial charge in [0.05, 0.1) is 12.2 Å². The zero-order chi connectivity index (χ0) is 16.9. The number of ether oxygens (including phenoxy) is 1. The number of rotatable bonds is 4. The summed E-state index contributed by atoms with van der Waals surface area (Å²) in [6, 6.07) is 11.7. The molecule has 0 saturated carbocycles. The molecule has 23 heavy (non-hydrogen) atoms. The van der Waals surface area contributed by atoms with Gasteiger partial charge in [-0.1, -0.05) is 30.3 Å². The van der Waals surface area contributed by atoms with E-state index in [1.54, 1.807) is 24.3 Å². The van der Waals surface area contributed by atoms with Gasteiger partial charge in [-0.15, -0.1) is 0 Å². The van der Waals surface area contributed by atoms with E-state index in [-0.39, 0.29) is 17.9 Å². The minimum Gasteiger partial charge on any atom is -0.444 e. The minimum atomic E-state index is -4.57. The van der Waals surface area contributed by atoms with Crippen molar-refractivity contribution in [3.05, 3.63) is 65.2 Å². The first-order chi connectivity index (χ1) is 10.9. The van der Waals surface area contributed by atoms with Gasteiger partial charge < -0.3 is 9.84 Å². The molecule has 2 aromatic rings. The molecule has 0 aliphatic rings. The number of carbonyl (C=O) groups excluding carboxylic acids is 1. The van der Waals surface area contributed by atoms with Crippen LogP contribution < -0.4 is 5.32 Å². The van der Waals surface area contributed by atoms with Gasteiger partial charge in [-0.2, -0.15) is 13.2 Å². The van der Waals surface area contributed by atoms with Gasteiger partial charge in [-0.25, -0.2) is 4.79 Å². The number of benzene rings is 2. The zero-order valence-electron chi connectivity index (χ0n) is 11.9. The first-order valence-corrected chi connectivity index (χ1v) is 6.68. The van der Waals surface area contributed by atoms with Crippen LogP contribution in [0.4, 0.5) is 23.7 Å². The Hall–Kier alpha value is -2.54. The summed E-state index contributed by atoms with van der Waals surface area (Å²) < 4.78 is 43.2. The molecule has 2 rings (SSSR count). The highest BCUT2D eigenvalue weighted by Gasteiger charge is 2.31. The molecule has 0 aliphatic carbocycles. The quantitative estimate of drug-likeness (QED) is 0.895. The minimum absolute atomic E-state index is 0.00150. The molecule has 0 heterocycles. The van der Waals surface area contributed by atoms with Crippen molar-refractivity contribution in [2.75, 3.05) is 5.32 Å². The normalized spacial score (nSPS) is 11.1. The SMILES string of the molecule is O=C(Nc1cc(CO)cc(C(F)(F)F)c1)OCc1ccccc1. The lowest BCUT2D eigenvalue weighted by Crippen LogP contribution is -2.15. The molecule has 2 aromatic carbocycles. The van der Waals surface area contributed by atoms with Gasteiger partial charge in [-0.05, 0) is 29.3 Å². The van der Waals surface area contributed by atoms with Gasteiger partial charge in [0, 0.05) is 5.69 Å². The highest BCUT2D eigenvalue weighted by atomic mass is 19.4. The van der Waals surface area contributed by atoms with Crippen LogP contribution in [0.15, 0.2) is 48.5 Å². The van der Waals surface area contributed by atoms with Crippen molar-refractivity contribution in [2.24, 2.45) is 0 Å². The lowest BCUT2D eigenvalue weighted by Gasteiger charge is -2.12. The number of nitrogens with one attached hydrogen (secondary N) is 1. The third-order valence-corrected chi connectivity index (χ3v) is 2.96. The molecule has 0 radical (unpaired) electrons. The molecule has 0 atom stereocenters. The van der Waals surface area contributed by atoms with E-state index in [0.717, 1.165) is 17.7 Å². The second-order valence-corrected chi connectivity index (χ2v) is 4.76. The Labute approximate surface area is 130 Å². The monoisotopic (exact) mass is 325 g/mol. The standard InChI is InChI=1S/C16H14F3NO3/c17-16(18,19)13-6-12(9-21)7-14(8-13)20-15(22)23-10-11-4-2-1-3-5-11/h1-8,21H,9-10H2,(H,20,22). The summed E-state index contributed by atoms with van der Waals surface area (Å²) in [6.07, 6.45) is -5.45. The van der Waals surface area contributed by atoms with Crippen molar-refractivity contribution in [2.45, 2.75) is 19.4 Å². The van der Waals surface area contributed by atoms with Crippen LogP contribution in [0.1, 0.15) is 16.7 Å². The Kier molecular flexibility index (Phi) is 5.23. The van der Waals surface area contributed by atoms with Crippen LogP contribution in [0.3, 0.4) is 0 Å². The Bertz CT molecular complexity index is 672. The van der Waals surface area contributed by atoms with Crippen LogP contribution in [-0.2, 0) is 24.1 Å². The topological polar surface area (TPSA) is 58.6 Å². The smallest absolute Gasteiger partial charge is 0.416 e. The molecule has 1 amide bonds. The number of aliphatic hydroxyl groups is 1. The summed E-state index contributed by atoms with van der Waals surface area (Å²) in [7, 11) is 0. The fraction of sp³-hybridized carbons (Fsp3) is 0.188. The molecule has 0 unspecified atom stereocenters. The van der Waals surface area contributed by atoms with Gasteiger partial charge in [0.15, 0.2) is 0 Å². The molecule has 0 fully saturated rings. The Balaban J connectivity index is 2.05. The molecule has 7 heteroatoms. The summed E-state index contributed by atoms with van der Waals surface area (Å²) >= 11 is 0. The van der Waals surface area contributed by atoms with Crippen LogP contribution in [0, 0.1) is 0 Å². The van der Waals surface area contributed by atoms with Gasteiger partial charge in [0.2, 0.25) is 0 Å². The van der Waals surface area contributed by atoms with E-state index in [1.807, 2.05) is 6.07 Å². The number of anilines is 1. The maximum atomic E-state index is 12.8. The van der Waals surface area contributed by atoms with E-state index in [2.05, 4.69) is 5.32 Å². The van der Waals surface area contributed by atoms with Crippen molar-refractivity contribution < 1.29 is 27.8 Å². The van der Waals surface area contributed by atoms with Gasteiger partial charge in [-0.3, -0.25) is 5.32 Å². The second-order valence-electron chi connectivity index (χ2n) is 4.76. The molecular formula is C16H14F3NO3. The fourth-order valence-corrected chi connectivity index (χ4v) is 1.90. The average molecular weight is 325 g/mol. The molecule has 0 aliphatic heterocycles. The highest BCUT2D eigenvalue weighted by molar-refractivity contribution is 5.84. The molecule has 0 saturated heterocycles. The van der Waals surface area contributed by atoms with Crippen molar-refractivity contribution in [3.63, 3.8) is 0 Å². The van der Waals surface area contributed by atoms with E-state index < -0.39 is 24.4 Å². The van der Waals surface area contributed by atoms with Crippen LogP contribution >= 0.6 is 0 Å². The van der Waals surface area contributed by atoms with E-state index in [4.69, 9.17) is 9.84 Å². The van der Waals surface area contributed by atoms with Crippen LogP contribution in [-0.4, -0.2) is 11.2 Å². The summed E-state index contributed by atoms with van der Waals surface area (Å²) in [5.74, 6) is 0. The number of alkyl halides is 3. The summed E-state index contributed by atoms with van der Waals surface area (Å²) in [4.78, 5) is 11.7. The molecule has 0 aromatic heterocycles. The Morgan fingerprint density at radius 3 is 2.39 bits per heavy atom. The van der Waals surface area contributed by atoms with Crippen molar-refractivity contribution in [1.82, 2.24) is 0 Å². The van der Waals surface area contributed by atoms with Gasteiger partial charge in [0.1, 0.15) is 6.61 Å². The maximum Gasteiger partial charge on any atom is 0.416 e. The zero-order valence-corrected chi connectivity index (χ0v) is 11.9. The van der Waals surface area contributed by atoms with Crippen LogP contribution in [0.25, 0.3) is 0 Å². The average Bonchev–Trinajstić information content (AvgIpc) is 2.52. The summed E-state index contributed by atoms with van der Waals surface area (Å²) in [5, 5.41) is 11.3. The molecule has 122 valence electrons. The van der Waals surface area contributed by atoms with Crippen molar-refractivity contribution in [1.29, 1.82) is 0 Å². The number of hydrogen-bond donors (Lipinski definition) is 2. The van der Waals surface area contributed by atoms with Crippen LogP contribution in [0.2, 0.25) is 0 Å². The Morgan fingerprint density at radius 1 is 1.09 bits per heavy atom. The van der Waals surface area contributed by atoms with Gasteiger partial charge >= 0.3 is 12.3 Å². The Morgan fingerprint density at radius 2 is 1.78 bits per heavy atom. The number of carbonyl (C=O) groups is 1. The number of halogens is 3. The van der Waals surface area contributed by atoms with Gasteiger partial charge in [0.25, 0.3) is 0 Å². The number of hydrogen-bond acceptors (Lipinski definition) is 3. The molecule has 0 bridgehead atoms. The highest BCUT2D eigenvalue weighted by Crippen LogP contribution is 2.32. The molecule has 2 N–H and O–H groups in total. The predicted octanol–water partition coefficient (Wildman–Crippen LogP) is 3.95. The third-order valence-electron chi connectivity index (χ3n) is 2.96. The van der Waals surface area contributed by atoms with E-state index in [9.17, 15) is 18.0 Å². The maximum absolute atomic E-state index is 12.8. The third kappa shape index (κ3) is 5.00. The molecule has 0 spiro atoms. The predicted molar refractivity (Wildman–Crippen MR) is 77.6 cm³/mol. The molecular weight excluding hydrogens is 311 g/mol. The van der Waals surface area contributed by atoms with E-state index >= 15 is 0 Å². The van der Waals surface area contributed by atoms with E-state index in [0.29, 0.717) is 0 Å². The van der Waals surface area contributed by atoms with E-state index in [1.165, 1.54) is 6.07 Å². The second kappa shape index (κ2) is 7.15.